The summed E-state index contributed by atoms with van der Waals surface area (Å²) in [7, 11) is 0. The van der Waals surface area contributed by atoms with E-state index in [0.29, 0.717) is 6.42 Å². The molecule has 1 aromatic heterocycles. The number of aryl methyl sites for hydroxylation is 2. The molecule has 4 heteroatoms. The van der Waals surface area contributed by atoms with Crippen LogP contribution in [-0.2, 0) is 17.8 Å². The van der Waals surface area contributed by atoms with E-state index in [-0.39, 0.29) is 5.91 Å². The third kappa shape index (κ3) is 5.26. The normalized spacial score (nSPS) is 10.4. The largest absolute Gasteiger partial charge is 0.356 e. The number of nitrogens with zero attached hydrogens (tertiary/aromatic N) is 2. The number of amides is 1. The van der Waals surface area contributed by atoms with Gasteiger partial charge in [0.25, 0.3) is 0 Å². The lowest BCUT2D eigenvalue weighted by atomic mass is 10.1. The second-order valence-corrected chi connectivity index (χ2v) is 4.84. The summed E-state index contributed by atoms with van der Waals surface area (Å²) in [6.07, 6.45) is 8.88. The van der Waals surface area contributed by atoms with Crippen molar-refractivity contribution in [1.82, 2.24) is 14.9 Å². The summed E-state index contributed by atoms with van der Waals surface area (Å²) < 4.78 is 2.02. The van der Waals surface area contributed by atoms with E-state index in [1.807, 2.05) is 29.0 Å². The van der Waals surface area contributed by atoms with Crippen LogP contribution in [0.3, 0.4) is 0 Å². The van der Waals surface area contributed by atoms with Crippen LogP contribution >= 0.6 is 0 Å². The molecule has 0 fully saturated rings. The Balaban J connectivity index is 1.52. The van der Waals surface area contributed by atoms with Gasteiger partial charge in [0.15, 0.2) is 0 Å². The number of hydrogen-bond acceptors (Lipinski definition) is 2. The zero-order valence-corrected chi connectivity index (χ0v) is 11.7. The fourth-order valence-corrected chi connectivity index (χ4v) is 2.09. The zero-order chi connectivity index (χ0) is 14.0. The van der Waals surface area contributed by atoms with Gasteiger partial charge in [-0.3, -0.25) is 4.79 Å². The molecule has 2 rings (SSSR count). The van der Waals surface area contributed by atoms with Crippen molar-refractivity contribution in [1.29, 1.82) is 0 Å². The Hall–Kier alpha value is -2.10. The minimum absolute atomic E-state index is 0.145. The zero-order valence-electron chi connectivity index (χ0n) is 11.7. The molecule has 0 radical (unpaired) electrons. The van der Waals surface area contributed by atoms with Gasteiger partial charge in [-0.25, -0.2) is 4.98 Å². The molecule has 0 bridgehead atoms. The lowest BCUT2D eigenvalue weighted by molar-refractivity contribution is -0.121. The van der Waals surface area contributed by atoms with Crippen molar-refractivity contribution in [3.8, 4) is 0 Å². The number of imidazole rings is 1. The first kappa shape index (κ1) is 14.3. The minimum Gasteiger partial charge on any atom is -0.356 e. The van der Waals surface area contributed by atoms with Gasteiger partial charge in [-0.2, -0.15) is 0 Å². The quantitative estimate of drug-likeness (QED) is 0.749. The maximum atomic E-state index is 11.7. The van der Waals surface area contributed by atoms with Crippen molar-refractivity contribution in [3.63, 3.8) is 0 Å². The highest BCUT2D eigenvalue weighted by Gasteiger charge is 2.01. The molecular formula is C16H21N3O. The van der Waals surface area contributed by atoms with Crippen molar-refractivity contribution in [2.75, 3.05) is 6.54 Å². The van der Waals surface area contributed by atoms with E-state index in [0.717, 1.165) is 32.4 Å². The van der Waals surface area contributed by atoms with E-state index in [1.165, 1.54) is 5.56 Å². The van der Waals surface area contributed by atoms with Crippen LogP contribution in [0, 0.1) is 0 Å². The van der Waals surface area contributed by atoms with Crippen molar-refractivity contribution in [2.24, 2.45) is 0 Å². The van der Waals surface area contributed by atoms with Gasteiger partial charge in [0.05, 0.1) is 6.33 Å². The van der Waals surface area contributed by atoms with E-state index in [1.54, 1.807) is 12.5 Å². The molecular weight excluding hydrogens is 250 g/mol. The molecule has 0 saturated carbocycles. The number of aromatic nitrogens is 2. The Morgan fingerprint density at radius 1 is 1.20 bits per heavy atom. The maximum absolute atomic E-state index is 11.7. The number of hydrogen-bond donors (Lipinski definition) is 1. The molecule has 0 atom stereocenters. The van der Waals surface area contributed by atoms with Crippen molar-refractivity contribution in [3.05, 3.63) is 54.6 Å². The monoisotopic (exact) mass is 271 g/mol. The van der Waals surface area contributed by atoms with Crippen LogP contribution in [-0.4, -0.2) is 22.0 Å². The summed E-state index contributed by atoms with van der Waals surface area (Å²) in [4.78, 5) is 15.6. The number of carbonyl (C=O) groups is 1. The van der Waals surface area contributed by atoms with Gasteiger partial charge in [-0.05, 0) is 24.8 Å². The number of rotatable bonds is 8. The second kappa shape index (κ2) is 8.15. The van der Waals surface area contributed by atoms with Crippen LogP contribution in [0.4, 0.5) is 0 Å². The van der Waals surface area contributed by atoms with Crippen molar-refractivity contribution >= 4 is 5.91 Å². The van der Waals surface area contributed by atoms with E-state index < -0.39 is 0 Å². The van der Waals surface area contributed by atoms with Crippen LogP contribution in [0.1, 0.15) is 24.8 Å². The lowest BCUT2D eigenvalue weighted by Crippen LogP contribution is -2.24. The molecule has 0 unspecified atom stereocenters. The molecule has 20 heavy (non-hydrogen) atoms. The highest BCUT2D eigenvalue weighted by molar-refractivity contribution is 5.75. The highest BCUT2D eigenvalue weighted by atomic mass is 16.1. The molecule has 1 N–H and O–H groups in total. The molecule has 0 aliphatic carbocycles. The summed E-state index contributed by atoms with van der Waals surface area (Å²) >= 11 is 0. The predicted octanol–water partition coefficient (Wildman–Crippen LogP) is 2.41. The molecule has 4 nitrogen and oxygen atoms in total. The Bertz CT molecular complexity index is 494. The maximum Gasteiger partial charge on any atom is 0.220 e. The van der Waals surface area contributed by atoms with Crippen LogP contribution < -0.4 is 5.32 Å². The SMILES string of the molecule is O=C(CCCc1ccccc1)NCCCn1ccnc1. The average molecular weight is 271 g/mol. The fraction of sp³-hybridized carbons (Fsp3) is 0.375. The first-order chi connectivity index (χ1) is 9.84. The predicted molar refractivity (Wildman–Crippen MR) is 79.2 cm³/mol. The van der Waals surface area contributed by atoms with Gasteiger partial charge in [-0.1, -0.05) is 30.3 Å². The molecule has 1 heterocycles. The van der Waals surface area contributed by atoms with Crippen molar-refractivity contribution < 1.29 is 4.79 Å². The van der Waals surface area contributed by atoms with Crippen LogP contribution in [0.15, 0.2) is 49.1 Å². The molecule has 106 valence electrons. The van der Waals surface area contributed by atoms with Gasteiger partial charge in [-0.15, -0.1) is 0 Å². The molecule has 1 aromatic carbocycles. The van der Waals surface area contributed by atoms with Crippen LogP contribution in [0.5, 0.6) is 0 Å². The number of carbonyl (C=O) groups excluding carboxylic acids is 1. The molecule has 0 saturated heterocycles. The minimum atomic E-state index is 0.145. The lowest BCUT2D eigenvalue weighted by Gasteiger charge is -2.06. The van der Waals surface area contributed by atoms with Gasteiger partial charge < -0.3 is 9.88 Å². The fourth-order valence-electron chi connectivity index (χ4n) is 2.09. The molecule has 0 spiro atoms. The molecule has 1 amide bonds. The Morgan fingerprint density at radius 2 is 2.05 bits per heavy atom. The van der Waals surface area contributed by atoms with E-state index >= 15 is 0 Å². The van der Waals surface area contributed by atoms with Gasteiger partial charge >= 0.3 is 0 Å². The summed E-state index contributed by atoms with van der Waals surface area (Å²) in [6.45, 7) is 1.62. The van der Waals surface area contributed by atoms with Gasteiger partial charge in [0, 0.05) is 31.9 Å². The summed E-state index contributed by atoms with van der Waals surface area (Å²) in [5, 5.41) is 2.96. The third-order valence-corrected chi connectivity index (χ3v) is 3.19. The second-order valence-electron chi connectivity index (χ2n) is 4.84. The average Bonchev–Trinajstić information content (AvgIpc) is 2.98. The van der Waals surface area contributed by atoms with E-state index in [4.69, 9.17) is 0 Å². The molecule has 2 aromatic rings. The molecule has 0 aliphatic rings. The standard InChI is InChI=1S/C16H21N3O/c20-16(9-4-8-15-6-2-1-3-7-15)18-10-5-12-19-13-11-17-14-19/h1-3,6-7,11,13-14H,4-5,8-10,12H2,(H,18,20). The van der Waals surface area contributed by atoms with Crippen LogP contribution in [0.25, 0.3) is 0 Å². The van der Waals surface area contributed by atoms with E-state index in [9.17, 15) is 4.79 Å². The first-order valence-corrected chi connectivity index (χ1v) is 7.11. The third-order valence-electron chi connectivity index (χ3n) is 3.19. The summed E-state index contributed by atoms with van der Waals surface area (Å²) in [5.41, 5.74) is 1.29. The number of benzene rings is 1. The van der Waals surface area contributed by atoms with Gasteiger partial charge in [0.1, 0.15) is 0 Å². The summed E-state index contributed by atoms with van der Waals surface area (Å²) in [5.74, 6) is 0.145. The highest BCUT2D eigenvalue weighted by Crippen LogP contribution is 2.04. The van der Waals surface area contributed by atoms with Gasteiger partial charge in [0.2, 0.25) is 5.91 Å². The van der Waals surface area contributed by atoms with E-state index in [2.05, 4.69) is 22.4 Å². The molecule has 0 aliphatic heterocycles. The van der Waals surface area contributed by atoms with Crippen LogP contribution in [0.2, 0.25) is 0 Å². The smallest absolute Gasteiger partial charge is 0.220 e. The van der Waals surface area contributed by atoms with Crippen molar-refractivity contribution in [2.45, 2.75) is 32.2 Å². The number of nitrogens with one attached hydrogen (secondary N) is 1. The first-order valence-electron chi connectivity index (χ1n) is 7.11. The Morgan fingerprint density at radius 3 is 2.80 bits per heavy atom. The Labute approximate surface area is 119 Å². The topological polar surface area (TPSA) is 46.9 Å². The Kier molecular flexibility index (Phi) is 5.83. The summed E-state index contributed by atoms with van der Waals surface area (Å²) in [6, 6.07) is 10.3.